The van der Waals surface area contributed by atoms with Crippen LogP contribution in [0.1, 0.15) is 21.5 Å². The van der Waals surface area contributed by atoms with Crippen molar-refractivity contribution in [3.63, 3.8) is 0 Å². The molecule has 0 atom stereocenters. The van der Waals surface area contributed by atoms with Crippen LogP contribution in [0.2, 0.25) is 0 Å². The van der Waals surface area contributed by atoms with E-state index in [1.807, 2.05) is 26.0 Å². The second kappa shape index (κ2) is 6.07. The van der Waals surface area contributed by atoms with Gasteiger partial charge in [-0.15, -0.1) is 0 Å². The Hall–Kier alpha value is -1.85. The Kier molecular flexibility index (Phi) is 4.42. The van der Waals surface area contributed by atoms with E-state index in [1.54, 1.807) is 24.3 Å². The van der Waals surface area contributed by atoms with Crippen LogP contribution in [0, 0.1) is 13.8 Å². The summed E-state index contributed by atoms with van der Waals surface area (Å²) in [5.74, 6) is 5.16. The van der Waals surface area contributed by atoms with Crippen LogP contribution in [0.15, 0.2) is 40.9 Å². The SMILES string of the molecule is Cc1cc(Br)cc(C)c1NC(=O)c1ccc(NN)cc1. The lowest BCUT2D eigenvalue weighted by Crippen LogP contribution is -2.14. The van der Waals surface area contributed by atoms with Gasteiger partial charge in [-0.3, -0.25) is 10.6 Å². The fourth-order valence-electron chi connectivity index (χ4n) is 2.01. The molecule has 0 aromatic heterocycles. The Balaban J connectivity index is 2.23. The molecule has 4 nitrogen and oxygen atoms in total. The van der Waals surface area contributed by atoms with Gasteiger partial charge in [0.25, 0.3) is 5.91 Å². The van der Waals surface area contributed by atoms with E-state index >= 15 is 0 Å². The number of halogens is 1. The van der Waals surface area contributed by atoms with Crippen molar-refractivity contribution in [1.82, 2.24) is 0 Å². The minimum absolute atomic E-state index is 0.137. The summed E-state index contributed by atoms with van der Waals surface area (Å²) in [4.78, 5) is 12.2. The molecule has 0 aliphatic rings. The number of benzene rings is 2. The summed E-state index contributed by atoms with van der Waals surface area (Å²) in [5.41, 5.74) is 6.77. The normalized spacial score (nSPS) is 10.2. The van der Waals surface area contributed by atoms with E-state index in [-0.39, 0.29) is 5.91 Å². The lowest BCUT2D eigenvalue weighted by atomic mass is 10.1. The van der Waals surface area contributed by atoms with E-state index in [0.29, 0.717) is 5.56 Å². The fraction of sp³-hybridized carbons (Fsp3) is 0.133. The van der Waals surface area contributed by atoms with E-state index in [0.717, 1.165) is 27.0 Å². The van der Waals surface area contributed by atoms with Crippen molar-refractivity contribution in [3.8, 4) is 0 Å². The molecule has 0 saturated carbocycles. The van der Waals surface area contributed by atoms with Crippen LogP contribution >= 0.6 is 15.9 Å². The first-order chi connectivity index (χ1) is 9.51. The molecule has 1 amide bonds. The Labute approximate surface area is 126 Å². The minimum Gasteiger partial charge on any atom is -0.324 e. The van der Waals surface area contributed by atoms with Crippen molar-refractivity contribution >= 4 is 33.2 Å². The van der Waals surface area contributed by atoms with Crippen LogP contribution in [0.5, 0.6) is 0 Å². The summed E-state index contributed by atoms with van der Waals surface area (Å²) in [6, 6.07) is 10.9. The van der Waals surface area contributed by atoms with E-state index in [9.17, 15) is 4.79 Å². The number of carbonyl (C=O) groups excluding carboxylic acids is 1. The molecule has 20 heavy (non-hydrogen) atoms. The highest BCUT2D eigenvalue weighted by molar-refractivity contribution is 9.10. The number of nitrogens with one attached hydrogen (secondary N) is 2. The number of aryl methyl sites for hydroxylation is 2. The maximum Gasteiger partial charge on any atom is 0.255 e. The Morgan fingerprint density at radius 1 is 1.10 bits per heavy atom. The number of anilines is 2. The third-order valence-electron chi connectivity index (χ3n) is 3.05. The second-order valence-electron chi connectivity index (χ2n) is 4.59. The Morgan fingerprint density at radius 3 is 2.15 bits per heavy atom. The standard InChI is InChI=1S/C15H16BrN3O/c1-9-7-12(16)8-10(2)14(9)18-15(20)11-3-5-13(19-17)6-4-11/h3-8,19H,17H2,1-2H3,(H,18,20). The van der Waals surface area contributed by atoms with Gasteiger partial charge < -0.3 is 10.7 Å². The largest absolute Gasteiger partial charge is 0.324 e. The zero-order chi connectivity index (χ0) is 14.7. The van der Waals surface area contributed by atoms with Gasteiger partial charge in [0.1, 0.15) is 0 Å². The van der Waals surface area contributed by atoms with Gasteiger partial charge in [0.05, 0.1) is 0 Å². The molecular weight excluding hydrogens is 318 g/mol. The molecule has 0 saturated heterocycles. The van der Waals surface area contributed by atoms with Gasteiger partial charge >= 0.3 is 0 Å². The zero-order valence-electron chi connectivity index (χ0n) is 11.3. The molecule has 0 unspecified atom stereocenters. The smallest absolute Gasteiger partial charge is 0.255 e. The molecule has 0 aliphatic heterocycles. The van der Waals surface area contributed by atoms with Crippen LogP contribution in [0.3, 0.4) is 0 Å². The monoisotopic (exact) mass is 333 g/mol. The van der Waals surface area contributed by atoms with Gasteiger partial charge in [-0.25, -0.2) is 0 Å². The van der Waals surface area contributed by atoms with E-state index in [4.69, 9.17) is 5.84 Å². The van der Waals surface area contributed by atoms with Gasteiger partial charge in [-0.05, 0) is 61.4 Å². The van der Waals surface area contributed by atoms with Crippen molar-refractivity contribution in [2.45, 2.75) is 13.8 Å². The Morgan fingerprint density at radius 2 is 1.65 bits per heavy atom. The molecule has 0 bridgehead atoms. The molecule has 104 valence electrons. The highest BCUT2D eigenvalue weighted by Crippen LogP contribution is 2.25. The topological polar surface area (TPSA) is 67.2 Å². The minimum atomic E-state index is -0.137. The maximum absolute atomic E-state index is 12.2. The number of hydrogen-bond acceptors (Lipinski definition) is 3. The molecule has 2 aromatic carbocycles. The Bertz CT molecular complexity index is 615. The molecular formula is C15H16BrN3O. The summed E-state index contributed by atoms with van der Waals surface area (Å²) in [7, 11) is 0. The van der Waals surface area contributed by atoms with E-state index in [2.05, 4.69) is 26.7 Å². The summed E-state index contributed by atoms with van der Waals surface area (Å²) < 4.78 is 1.00. The number of rotatable bonds is 3. The zero-order valence-corrected chi connectivity index (χ0v) is 12.9. The fourth-order valence-corrected chi connectivity index (χ4v) is 2.70. The van der Waals surface area contributed by atoms with Crippen LogP contribution in [0.4, 0.5) is 11.4 Å². The number of nitrogens with two attached hydrogens (primary N) is 1. The molecule has 0 aliphatic carbocycles. The predicted molar refractivity (Wildman–Crippen MR) is 85.8 cm³/mol. The number of hydrogen-bond donors (Lipinski definition) is 3. The highest BCUT2D eigenvalue weighted by Gasteiger charge is 2.10. The first kappa shape index (κ1) is 14.6. The van der Waals surface area contributed by atoms with E-state index in [1.165, 1.54) is 0 Å². The van der Waals surface area contributed by atoms with Crippen LogP contribution in [-0.4, -0.2) is 5.91 Å². The number of carbonyl (C=O) groups is 1. The predicted octanol–water partition coefficient (Wildman–Crippen LogP) is 3.60. The molecule has 0 radical (unpaired) electrons. The van der Waals surface area contributed by atoms with Crippen molar-refractivity contribution in [2.75, 3.05) is 10.7 Å². The number of amides is 1. The summed E-state index contributed by atoms with van der Waals surface area (Å²) in [6.45, 7) is 3.93. The molecule has 0 fully saturated rings. The van der Waals surface area contributed by atoms with Gasteiger partial charge in [-0.1, -0.05) is 15.9 Å². The third kappa shape index (κ3) is 3.18. The first-order valence-electron chi connectivity index (χ1n) is 6.16. The molecule has 0 spiro atoms. The second-order valence-corrected chi connectivity index (χ2v) is 5.51. The van der Waals surface area contributed by atoms with Gasteiger partial charge in [0.2, 0.25) is 0 Å². The van der Waals surface area contributed by atoms with E-state index < -0.39 is 0 Å². The highest BCUT2D eigenvalue weighted by atomic mass is 79.9. The molecule has 2 rings (SSSR count). The quantitative estimate of drug-likeness (QED) is 0.593. The third-order valence-corrected chi connectivity index (χ3v) is 3.51. The maximum atomic E-state index is 12.2. The first-order valence-corrected chi connectivity index (χ1v) is 6.95. The number of hydrazine groups is 1. The van der Waals surface area contributed by atoms with Crippen molar-refractivity contribution in [1.29, 1.82) is 0 Å². The van der Waals surface area contributed by atoms with Crippen molar-refractivity contribution in [2.24, 2.45) is 5.84 Å². The van der Waals surface area contributed by atoms with Crippen LogP contribution in [-0.2, 0) is 0 Å². The lowest BCUT2D eigenvalue weighted by Gasteiger charge is -2.12. The van der Waals surface area contributed by atoms with Gasteiger partial charge in [0, 0.05) is 21.4 Å². The molecule has 4 N–H and O–H groups in total. The molecule has 2 aromatic rings. The summed E-state index contributed by atoms with van der Waals surface area (Å²) in [5, 5.41) is 2.95. The van der Waals surface area contributed by atoms with Gasteiger partial charge in [-0.2, -0.15) is 0 Å². The van der Waals surface area contributed by atoms with Crippen molar-refractivity contribution in [3.05, 3.63) is 57.6 Å². The average molecular weight is 334 g/mol. The van der Waals surface area contributed by atoms with Crippen molar-refractivity contribution < 1.29 is 4.79 Å². The van der Waals surface area contributed by atoms with Gasteiger partial charge in [0.15, 0.2) is 0 Å². The number of nitrogen functional groups attached to an aromatic ring is 1. The van der Waals surface area contributed by atoms with Crippen LogP contribution in [0.25, 0.3) is 0 Å². The summed E-state index contributed by atoms with van der Waals surface area (Å²) >= 11 is 3.44. The van der Waals surface area contributed by atoms with Crippen LogP contribution < -0.4 is 16.6 Å². The lowest BCUT2D eigenvalue weighted by molar-refractivity contribution is 0.102. The summed E-state index contributed by atoms with van der Waals surface area (Å²) in [6.07, 6.45) is 0. The molecule has 0 heterocycles. The molecule has 5 heteroatoms. The average Bonchev–Trinajstić information content (AvgIpc) is 2.42.